The minimum Gasteiger partial charge on any atom is -0.321 e. The van der Waals surface area contributed by atoms with Crippen molar-refractivity contribution >= 4 is 28.9 Å². The molecule has 0 radical (unpaired) electrons. The first-order chi connectivity index (χ1) is 6.33. The van der Waals surface area contributed by atoms with E-state index in [9.17, 15) is 4.79 Å². The molecule has 0 unspecified atom stereocenters. The lowest BCUT2D eigenvalue weighted by molar-refractivity contribution is -0.110. The van der Waals surface area contributed by atoms with Gasteiger partial charge in [-0.25, -0.2) is 0 Å². The Kier molecular flexibility index (Phi) is 2.10. The van der Waals surface area contributed by atoms with E-state index in [-0.39, 0.29) is 5.91 Å². The van der Waals surface area contributed by atoms with Crippen LogP contribution in [0.15, 0.2) is 29.7 Å². The molecule has 0 aromatic heterocycles. The maximum atomic E-state index is 11.4. The van der Waals surface area contributed by atoms with Gasteiger partial charge in [-0.15, -0.1) is 11.8 Å². The minimum absolute atomic E-state index is 0.00412. The lowest BCUT2D eigenvalue weighted by Crippen LogP contribution is -2.03. The van der Waals surface area contributed by atoms with Gasteiger partial charge in [-0.05, 0) is 17.7 Å². The molecule has 1 amide bonds. The molecule has 1 aromatic carbocycles. The van der Waals surface area contributed by atoms with Crippen LogP contribution in [0.2, 0.25) is 0 Å². The summed E-state index contributed by atoms with van der Waals surface area (Å²) in [5.74, 6) is -0.00412. The Bertz CT molecular complexity index is 384. The van der Waals surface area contributed by atoms with Gasteiger partial charge in [-0.3, -0.25) is 4.79 Å². The van der Waals surface area contributed by atoms with Crippen molar-refractivity contribution in [2.24, 2.45) is 0 Å². The molecule has 1 aliphatic heterocycles. The quantitative estimate of drug-likeness (QED) is 0.690. The first-order valence-electron chi connectivity index (χ1n) is 3.96. The Balaban J connectivity index is 2.53. The summed E-state index contributed by atoms with van der Waals surface area (Å²) in [6.07, 6.45) is 1.95. The minimum atomic E-state index is -0.00412. The van der Waals surface area contributed by atoms with Crippen LogP contribution in [-0.4, -0.2) is 12.2 Å². The van der Waals surface area contributed by atoms with Crippen molar-refractivity contribution in [1.29, 1.82) is 0 Å². The number of carbonyl (C=O) groups is 1. The van der Waals surface area contributed by atoms with Crippen molar-refractivity contribution in [2.45, 2.75) is 0 Å². The molecule has 1 aliphatic rings. The van der Waals surface area contributed by atoms with Gasteiger partial charge >= 0.3 is 0 Å². The Morgan fingerprint density at radius 2 is 2.15 bits per heavy atom. The Morgan fingerprint density at radius 3 is 2.92 bits per heavy atom. The lowest BCUT2D eigenvalue weighted by Gasteiger charge is -1.94. The number of amides is 1. The highest BCUT2D eigenvalue weighted by atomic mass is 32.2. The van der Waals surface area contributed by atoms with Crippen molar-refractivity contribution in [3.8, 4) is 0 Å². The summed E-state index contributed by atoms with van der Waals surface area (Å²) in [5, 5.41) is 4.69. The maximum Gasteiger partial charge on any atom is 0.256 e. The van der Waals surface area contributed by atoms with Crippen LogP contribution >= 0.6 is 11.8 Å². The average molecular weight is 191 g/mol. The SMILES string of the molecule is CSC=C1C(=O)Nc2ccccc21. The summed E-state index contributed by atoms with van der Waals surface area (Å²) < 4.78 is 0. The predicted molar refractivity (Wildman–Crippen MR) is 56.6 cm³/mol. The van der Waals surface area contributed by atoms with Crippen molar-refractivity contribution in [3.63, 3.8) is 0 Å². The first kappa shape index (κ1) is 8.38. The first-order valence-corrected chi connectivity index (χ1v) is 5.25. The third-order valence-electron chi connectivity index (χ3n) is 1.95. The molecule has 1 N–H and O–H groups in total. The van der Waals surface area contributed by atoms with Gasteiger partial charge < -0.3 is 5.32 Å². The highest BCUT2D eigenvalue weighted by molar-refractivity contribution is 8.01. The third kappa shape index (κ3) is 1.35. The number of anilines is 1. The van der Waals surface area contributed by atoms with E-state index in [4.69, 9.17) is 0 Å². The largest absolute Gasteiger partial charge is 0.321 e. The van der Waals surface area contributed by atoms with E-state index in [0.29, 0.717) is 0 Å². The van der Waals surface area contributed by atoms with Crippen LogP contribution in [0.4, 0.5) is 5.69 Å². The number of para-hydroxylation sites is 1. The van der Waals surface area contributed by atoms with Crippen LogP contribution in [0.25, 0.3) is 5.57 Å². The molecule has 2 rings (SSSR count). The molecule has 0 saturated heterocycles. The van der Waals surface area contributed by atoms with Gasteiger partial charge in [0.2, 0.25) is 0 Å². The fourth-order valence-electron chi connectivity index (χ4n) is 1.37. The third-order valence-corrected chi connectivity index (χ3v) is 2.42. The number of benzene rings is 1. The zero-order valence-corrected chi connectivity index (χ0v) is 8.02. The smallest absolute Gasteiger partial charge is 0.256 e. The number of hydrogen-bond donors (Lipinski definition) is 1. The maximum absolute atomic E-state index is 11.4. The normalized spacial score (nSPS) is 17.3. The van der Waals surface area contributed by atoms with Crippen molar-refractivity contribution in [2.75, 3.05) is 11.6 Å². The van der Waals surface area contributed by atoms with E-state index < -0.39 is 0 Å². The van der Waals surface area contributed by atoms with Gasteiger partial charge in [-0.1, -0.05) is 18.2 Å². The molecule has 2 nitrogen and oxygen atoms in total. The van der Waals surface area contributed by atoms with E-state index in [2.05, 4.69) is 5.32 Å². The van der Waals surface area contributed by atoms with Gasteiger partial charge in [0.25, 0.3) is 5.91 Å². The molecule has 0 fully saturated rings. The number of rotatable bonds is 1. The molecule has 66 valence electrons. The van der Waals surface area contributed by atoms with Crippen LogP contribution in [0.1, 0.15) is 5.56 Å². The second-order valence-electron chi connectivity index (χ2n) is 2.77. The fraction of sp³-hybridized carbons (Fsp3) is 0.100. The average Bonchev–Trinajstić information content (AvgIpc) is 2.44. The van der Waals surface area contributed by atoms with E-state index >= 15 is 0 Å². The molecular weight excluding hydrogens is 182 g/mol. The number of nitrogens with one attached hydrogen (secondary N) is 1. The Hall–Kier alpha value is -1.22. The summed E-state index contributed by atoms with van der Waals surface area (Å²) in [5.41, 5.74) is 2.68. The van der Waals surface area contributed by atoms with Gasteiger partial charge in [0.15, 0.2) is 0 Å². The van der Waals surface area contributed by atoms with Crippen molar-refractivity contribution in [3.05, 3.63) is 35.2 Å². The van der Waals surface area contributed by atoms with Gasteiger partial charge in [0.1, 0.15) is 0 Å². The molecule has 3 heteroatoms. The summed E-state index contributed by atoms with van der Waals surface area (Å²) >= 11 is 1.54. The number of thioether (sulfide) groups is 1. The van der Waals surface area contributed by atoms with Crippen LogP contribution < -0.4 is 5.32 Å². The molecule has 0 atom stereocenters. The highest BCUT2D eigenvalue weighted by Crippen LogP contribution is 2.32. The zero-order valence-electron chi connectivity index (χ0n) is 7.20. The molecule has 0 spiro atoms. The molecule has 0 bridgehead atoms. The second kappa shape index (κ2) is 3.26. The van der Waals surface area contributed by atoms with Gasteiger partial charge in [-0.2, -0.15) is 0 Å². The molecule has 1 aromatic rings. The van der Waals surface area contributed by atoms with Crippen LogP contribution in [-0.2, 0) is 4.79 Å². The van der Waals surface area contributed by atoms with Gasteiger partial charge in [0, 0.05) is 11.3 Å². The summed E-state index contributed by atoms with van der Waals surface area (Å²) in [6.45, 7) is 0. The van der Waals surface area contributed by atoms with Gasteiger partial charge in [0.05, 0.1) is 5.57 Å². The van der Waals surface area contributed by atoms with E-state index in [0.717, 1.165) is 16.8 Å². The van der Waals surface area contributed by atoms with Crippen LogP contribution in [0.5, 0.6) is 0 Å². The van der Waals surface area contributed by atoms with Crippen LogP contribution in [0, 0.1) is 0 Å². The topological polar surface area (TPSA) is 29.1 Å². The fourth-order valence-corrected chi connectivity index (χ4v) is 1.84. The molecule has 13 heavy (non-hydrogen) atoms. The molecule has 1 heterocycles. The Labute approximate surface area is 81.0 Å². The van der Waals surface area contributed by atoms with E-state index in [1.54, 1.807) is 11.8 Å². The standard InChI is InChI=1S/C10H9NOS/c1-13-6-8-7-4-2-3-5-9(7)11-10(8)12/h2-6H,1H3,(H,11,12). The molecule has 0 saturated carbocycles. The molecular formula is C10H9NOS. The second-order valence-corrected chi connectivity index (χ2v) is 3.47. The highest BCUT2D eigenvalue weighted by Gasteiger charge is 2.22. The van der Waals surface area contributed by atoms with E-state index in [1.807, 2.05) is 35.9 Å². The zero-order chi connectivity index (χ0) is 9.26. The predicted octanol–water partition coefficient (Wildman–Crippen LogP) is 2.34. The van der Waals surface area contributed by atoms with Crippen LogP contribution in [0.3, 0.4) is 0 Å². The van der Waals surface area contributed by atoms with Crippen molar-refractivity contribution in [1.82, 2.24) is 0 Å². The number of fused-ring (bicyclic) bond motifs is 1. The van der Waals surface area contributed by atoms with E-state index in [1.165, 1.54) is 0 Å². The van der Waals surface area contributed by atoms with Crippen molar-refractivity contribution < 1.29 is 4.79 Å². The molecule has 0 aliphatic carbocycles. The monoisotopic (exact) mass is 191 g/mol. The summed E-state index contributed by atoms with van der Waals surface area (Å²) in [7, 11) is 0. The summed E-state index contributed by atoms with van der Waals surface area (Å²) in [4.78, 5) is 11.4. The Morgan fingerprint density at radius 1 is 1.38 bits per heavy atom. The number of hydrogen-bond acceptors (Lipinski definition) is 2. The number of carbonyl (C=O) groups excluding carboxylic acids is 1. The lowest BCUT2D eigenvalue weighted by atomic mass is 10.1. The summed E-state index contributed by atoms with van der Waals surface area (Å²) in [6, 6.07) is 7.72.